The monoisotopic (exact) mass is 318 g/mol. The first-order valence-corrected chi connectivity index (χ1v) is 7.49. The van der Waals surface area contributed by atoms with Crippen molar-refractivity contribution in [3.05, 3.63) is 66.0 Å². The molecule has 0 atom stereocenters. The molecule has 6 heteroatoms. The largest absolute Gasteiger partial charge is 0.488 e. The van der Waals surface area contributed by atoms with E-state index in [4.69, 9.17) is 4.74 Å². The number of pyridine rings is 1. The second kappa shape index (κ2) is 6.00. The van der Waals surface area contributed by atoms with E-state index in [1.54, 1.807) is 18.5 Å². The average Bonchev–Trinajstić information content (AvgIpc) is 3.10. The van der Waals surface area contributed by atoms with E-state index in [0.29, 0.717) is 11.4 Å². The van der Waals surface area contributed by atoms with Crippen molar-refractivity contribution in [2.45, 2.75) is 0 Å². The van der Waals surface area contributed by atoms with Crippen LogP contribution in [0.5, 0.6) is 5.75 Å². The van der Waals surface area contributed by atoms with Gasteiger partial charge in [-0.25, -0.2) is 0 Å². The zero-order chi connectivity index (χ0) is 16.4. The van der Waals surface area contributed by atoms with Gasteiger partial charge in [0.1, 0.15) is 12.4 Å². The fourth-order valence-corrected chi connectivity index (χ4v) is 2.51. The SMILES string of the molecule is O=C(Nc1cc(-c2ccncc2)[nH]n1)C1=Cc2ccccc2OC1. The van der Waals surface area contributed by atoms with Crippen molar-refractivity contribution in [3.8, 4) is 17.0 Å². The Hall–Kier alpha value is -3.41. The molecule has 2 aromatic heterocycles. The summed E-state index contributed by atoms with van der Waals surface area (Å²) in [6, 6.07) is 13.1. The molecule has 4 rings (SSSR count). The van der Waals surface area contributed by atoms with Gasteiger partial charge in [-0.2, -0.15) is 5.10 Å². The highest BCUT2D eigenvalue weighted by molar-refractivity contribution is 6.07. The first-order valence-electron chi connectivity index (χ1n) is 7.49. The van der Waals surface area contributed by atoms with Crippen molar-refractivity contribution < 1.29 is 9.53 Å². The number of ether oxygens (including phenoxy) is 1. The van der Waals surface area contributed by atoms with E-state index in [1.807, 2.05) is 42.5 Å². The molecule has 0 aliphatic carbocycles. The molecule has 6 nitrogen and oxygen atoms in total. The highest BCUT2D eigenvalue weighted by atomic mass is 16.5. The third kappa shape index (κ3) is 2.77. The van der Waals surface area contributed by atoms with Crippen LogP contribution in [0.4, 0.5) is 5.82 Å². The summed E-state index contributed by atoms with van der Waals surface area (Å²) in [5.74, 6) is 1.03. The van der Waals surface area contributed by atoms with Crippen molar-refractivity contribution in [2.24, 2.45) is 0 Å². The maximum absolute atomic E-state index is 12.4. The van der Waals surface area contributed by atoms with E-state index in [2.05, 4.69) is 20.5 Å². The van der Waals surface area contributed by atoms with Crippen molar-refractivity contribution >= 4 is 17.8 Å². The Morgan fingerprint density at radius 2 is 2.00 bits per heavy atom. The quantitative estimate of drug-likeness (QED) is 0.778. The Bertz CT molecular complexity index is 916. The highest BCUT2D eigenvalue weighted by Crippen LogP contribution is 2.26. The van der Waals surface area contributed by atoms with Gasteiger partial charge in [-0.1, -0.05) is 18.2 Å². The lowest BCUT2D eigenvalue weighted by atomic mass is 10.1. The van der Waals surface area contributed by atoms with E-state index >= 15 is 0 Å². The number of anilines is 1. The smallest absolute Gasteiger partial charge is 0.256 e. The second-order valence-corrected chi connectivity index (χ2v) is 5.35. The summed E-state index contributed by atoms with van der Waals surface area (Å²) in [4.78, 5) is 16.4. The van der Waals surface area contributed by atoms with Crippen molar-refractivity contribution in [2.75, 3.05) is 11.9 Å². The third-order valence-corrected chi connectivity index (χ3v) is 3.73. The molecule has 3 aromatic rings. The molecular weight excluding hydrogens is 304 g/mol. The Kier molecular flexibility index (Phi) is 3.55. The topological polar surface area (TPSA) is 79.9 Å². The lowest BCUT2D eigenvalue weighted by Gasteiger charge is -2.16. The summed E-state index contributed by atoms with van der Waals surface area (Å²) >= 11 is 0. The number of para-hydroxylation sites is 1. The minimum Gasteiger partial charge on any atom is -0.488 e. The number of nitrogens with one attached hydrogen (secondary N) is 2. The molecule has 2 N–H and O–H groups in total. The Morgan fingerprint density at radius 1 is 1.17 bits per heavy atom. The van der Waals surface area contributed by atoms with E-state index in [-0.39, 0.29) is 12.5 Å². The number of fused-ring (bicyclic) bond motifs is 1. The number of carbonyl (C=O) groups is 1. The van der Waals surface area contributed by atoms with Crippen LogP contribution >= 0.6 is 0 Å². The van der Waals surface area contributed by atoms with E-state index in [0.717, 1.165) is 22.6 Å². The molecule has 0 saturated carbocycles. The average molecular weight is 318 g/mol. The van der Waals surface area contributed by atoms with Gasteiger partial charge in [0, 0.05) is 29.6 Å². The van der Waals surface area contributed by atoms with Crippen LogP contribution in [0.3, 0.4) is 0 Å². The lowest BCUT2D eigenvalue weighted by Crippen LogP contribution is -2.21. The summed E-state index contributed by atoms with van der Waals surface area (Å²) in [5.41, 5.74) is 3.22. The van der Waals surface area contributed by atoms with Gasteiger partial charge in [0.05, 0.1) is 11.3 Å². The highest BCUT2D eigenvalue weighted by Gasteiger charge is 2.18. The number of hydrogen-bond donors (Lipinski definition) is 2. The van der Waals surface area contributed by atoms with Crippen LogP contribution < -0.4 is 10.1 Å². The van der Waals surface area contributed by atoms with Crippen LogP contribution in [-0.4, -0.2) is 27.7 Å². The fourth-order valence-electron chi connectivity index (χ4n) is 2.51. The Morgan fingerprint density at radius 3 is 2.88 bits per heavy atom. The van der Waals surface area contributed by atoms with E-state index in [1.165, 1.54) is 0 Å². The number of benzene rings is 1. The van der Waals surface area contributed by atoms with Crippen molar-refractivity contribution in [3.63, 3.8) is 0 Å². The number of hydrogen-bond acceptors (Lipinski definition) is 4. The molecule has 3 heterocycles. The molecule has 118 valence electrons. The molecule has 24 heavy (non-hydrogen) atoms. The molecule has 1 aromatic carbocycles. The van der Waals surface area contributed by atoms with Gasteiger partial charge in [0.2, 0.25) is 0 Å². The van der Waals surface area contributed by atoms with Crippen LogP contribution in [0.15, 0.2) is 60.4 Å². The number of H-pyrrole nitrogens is 1. The number of rotatable bonds is 3. The van der Waals surface area contributed by atoms with Crippen LogP contribution in [0.1, 0.15) is 5.56 Å². The first kappa shape index (κ1) is 14.2. The maximum atomic E-state index is 12.4. The van der Waals surface area contributed by atoms with Gasteiger partial charge < -0.3 is 10.1 Å². The van der Waals surface area contributed by atoms with E-state index in [9.17, 15) is 4.79 Å². The Balaban J connectivity index is 1.51. The number of carbonyl (C=O) groups excluding carboxylic acids is 1. The normalized spacial score (nSPS) is 12.8. The third-order valence-electron chi connectivity index (χ3n) is 3.73. The number of aromatic nitrogens is 3. The van der Waals surface area contributed by atoms with Crippen LogP contribution in [0.2, 0.25) is 0 Å². The summed E-state index contributed by atoms with van der Waals surface area (Å²) < 4.78 is 5.61. The Labute approximate surface area is 138 Å². The maximum Gasteiger partial charge on any atom is 0.256 e. The summed E-state index contributed by atoms with van der Waals surface area (Å²) in [6.45, 7) is 0.241. The van der Waals surface area contributed by atoms with Gasteiger partial charge in [-0.15, -0.1) is 0 Å². The molecule has 0 unspecified atom stereocenters. The van der Waals surface area contributed by atoms with Gasteiger partial charge >= 0.3 is 0 Å². The number of aromatic amines is 1. The summed E-state index contributed by atoms with van der Waals surface area (Å²) in [6.07, 6.45) is 5.25. The standard InChI is InChI=1S/C18H14N4O2/c23-18(14-9-13-3-1-2-4-16(13)24-11-14)20-17-10-15(21-22-17)12-5-7-19-8-6-12/h1-10H,11H2,(H2,20,21,22,23). The number of amides is 1. The van der Waals surface area contributed by atoms with Crippen LogP contribution in [-0.2, 0) is 4.79 Å². The van der Waals surface area contributed by atoms with E-state index < -0.39 is 0 Å². The van der Waals surface area contributed by atoms with Gasteiger partial charge in [-0.05, 0) is 24.3 Å². The molecular formula is C18H14N4O2. The van der Waals surface area contributed by atoms with Crippen molar-refractivity contribution in [1.82, 2.24) is 15.2 Å². The molecule has 1 amide bonds. The molecule has 0 radical (unpaired) electrons. The van der Waals surface area contributed by atoms with Gasteiger partial charge in [0.25, 0.3) is 5.91 Å². The molecule has 1 aliphatic rings. The number of nitrogens with zero attached hydrogens (tertiary/aromatic N) is 2. The fraction of sp³-hybridized carbons (Fsp3) is 0.0556. The summed E-state index contributed by atoms with van der Waals surface area (Å²) in [7, 11) is 0. The molecule has 0 fully saturated rings. The first-order chi connectivity index (χ1) is 11.8. The zero-order valence-electron chi connectivity index (χ0n) is 12.7. The van der Waals surface area contributed by atoms with Crippen molar-refractivity contribution in [1.29, 1.82) is 0 Å². The zero-order valence-corrected chi connectivity index (χ0v) is 12.7. The predicted molar refractivity (Wildman–Crippen MR) is 90.4 cm³/mol. The minimum absolute atomic E-state index is 0.225. The van der Waals surface area contributed by atoms with Gasteiger partial charge in [-0.3, -0.25) is 14.9 Å². The van der Waals surface area contributed by atoms with Crippen LogP contribution in [0.25, 0.3) is 17.3 Å². The molecule has 1 aliphatic heterocycles. The predicted octanol–water partition coefficient (Wildman–Crippen LogP) is 2.89. The second-order valence-electron chi connectivity index (χ2n) is 5.35. The molecule has 0 bridgehead atoms. The van der Waals surface area contributed by atoms with Crippen LogP contribution in [0, 0.1) is 0 Å². The van der Waals surface area contributed by atoms with Gasteiger partial charge in [0.15, 0.2) is 5.82 Å². The molecule has 0 saturated heterocycles. The molecule has 0 spiro atoms. The summed E-state index contributed by atoms with van der Waals surface area (Å²) in [5, 5.41) is 9.82. The minimum atomic E-state index is -0.225. The lowest BCUT2D eigenvalue weighted by molar-refractivity contribution is -0.113.